The lowest BCUT2D eigenvalue weighted by atomic mass is 10.2. The van der Waals surface area contributed by atoms with Gasteiger partial charge in [-0.3, -0.25) is 0 Å². The Morgan fingerprint density at radius 2 is 1.58 bits per heavy atom. The molecule has 2 aromatic rings. The van der Waals surface area contributed by atoms with Crippen LogP contribution in [0.1, 0.15) is 5.56 Å². The first-order chi connectivity index (χ1) is 9.30. The zero-order valence-corrected chi connectivity index (χ0v) is 10.8. The lowest BCUT2D eigenvalue weighted by molar-refractivity contribution is 0.305. The molecule has 5 heteroatoms. The molecular formula is C14H17BO4. The maximum Gasteiger partial charge on any atom is 0.432 e. The summed E-state index contributed by atoms with van der Waals surface area (Å²) in [6.07, 6.45) is 0. The maximum absolute atomic E-state index is 7.12. The smallest absolute Gasteiger partial charge is 0.432 e. The molecule has 0 bridgehead atoms. The number of hydrogen-bond donors (Lipinski definition) is 2. The molecule has 4 nitrogen and oxygen atoms in total. The normalized spacial score (nSPS) is 9.00. The molecule has 0 aliphatic carbocycles. The molecule has 0 saturated carbocycles. The highest BCUT2D eigenvalue weighted by molar-refractivity contribution is 6.13. The van der Waals surface area contributed by atoms with E-state index in [9.17, 15) is 0 Å². The van der Waals surface area contributed by atoms with Gasteiger partial charge in [0.2, 0.25) is 0 Å². The monoisotopic (exact) mass is 260 g/mol. The Balaban J connectivity index is 0.000000550. The maximum atomic E-state index is 7.12. The average Bonchev–Trinajstić information content (AvgIpc) is 2.47. The van der Waals surface area contributed by atoms with E-state index >= 15 is 0 Å². The third-order valence-corrected chi connectivity index (χ3v) is 2.28. The van der Waals surface area contributed by atoms with E-state index in [0.717, 1.165) is 17.1 Å². The minimum absolute atomic E-state index is 0.557. The van der Waals surface area contributed by atoms with Crippen LogP contribution < -0.4 is 9.47 Å². The van der Waals surface area contributed by atoms with Crippen LogP contribution in [0.4, 0.5) is 0 Å². The zero-order chi connectivity index (χ0) is 13.9. The summed E-state index contributed by atoms with van der Waals surface area (Å²) in [6, 6.07) is 17.7. The standard InChI is InChI=1S/C14H14O2.BH3O2/c1-15-14-9-5-6-12(10-14)11-16-13-7-3-2-4-8-13;2-1-3/h2-10H,11H2,1H3;1-3H. The summed E-state index contributed by atoms with van der Waals surface area (Å²) in [5.74, 6) is 1.74. The minimum atomic E-state index is -0.750. The van der Waals surface area contributed by atoms with Crippen molar-refractivity contribution in [2.45, 2.75) is 6.61 Å². The predicted octanol–water partition coefficient (Wildman–Crippen LogP) is 1.51. The molecule has 0 aliphatic heterocycles. The molecule has 0 radical (unpaired) electrons. The highest BCUT2D eigenvalue weighted by Gasteiger charge is 1.97. The summed E-state index contributed by atoms with van der Waals surface area (Å²) in [7, 11) is 0.914. The number of hydrogen-bond acceptors (Lipinski definition) is 4. The first-order valence-corrected chi connectivity index (χ1v) is 5.82. The molecule has 0 atom stereocenters. The Kier molecular flexibility index (Phi) is 7.16. The molecule has 2 rings (SSSR count). The van der Waals surface area contributed by atoms with Crippen LogP contribution in [0.5, 0.6) is 11.5 Å². The number of benzene rings is 2. The lowest BCUT2D eigenvalue weighted by Crippen LogP contribution is -1.95. The SMILES string of the molecule is COc1cccc(COc2ccccc2)c1.OBO. The first-order valence-electron chi connectivity index (χ1n) is 5.82. The third-order valence-electron chi connectivity index (χ3n) is 2.28. The average molecular weight is 260 g/mol. The number of ether oxygens (including phenoxy) is 2. The third kappa shape index (κ3) is 5.95. The minimum Gasteiger partial charge on any atom is -0.497 e. The van der Waals surface area contributed by atoms with Gasteiger partial charge in [-0.2, -0.15) is 0 Å². The van der Waals surface area contributed by atoms with Crippen molar-refractivity contribution < 1.29 is 19.5 Å². The molecule has 0 unspecified atom stereocenters. The summed E-state index contributed by atoms with van der Waals surface area (Å²) in [5.41, 5.74) is 1.10. The number of para-hydroxylation sites is 1. The Labute approximate surface area is 113 Å². The second kappa shape index (κ2) is 9.02. The van der Waals surface area contributed by atoms with Crippen molar-refractivity contribution in [2.24, 2.45) is 0 Å². The van der Waals surface area contributed by atoms with Gasteiger partial charge in [0, 0.05) is 0 Å². The van der Waals surface area contributed by atoms with Gasteiger partial charge in [-0.15, -0.1) is 0 Å². The van der Waals surface area contributed by atoms with E-state index in [4.69, 9.17) is 19.5 Å². The zero-order valence-electron chi connectivity index (χ0n) is 10.8. The fourth-order valence-electron chi connectivity index (χ4n) is 1.45. The van der Waals surface area contributed by atoms with Gasteiger partial charge in [0.1, 0.15) is 18.1 Å². The van der Waals surface area contributed by atoms with Crippen molar-refractivity contribution in [1.82, 2.24) is 0 Å². The van der Waals surface area contributed by atoms with Crippen molar-refractivity contribution in [1.29, 1.82) is 0 Å². The summed E-state index contributed by atoms with van der Waals surface area (Å²) < 4.78 is 10.8. The van der Waals surface area contributed by atoms with Gasteiger partial charge < -0.3 is 19.5 Å². The van der Waals surface area contributed by atoms with Gasteiger partial charge in [0.25, 0.3) is 0 Å². The van der Waals surface area contributed by atoms with Crippen molar-refractivity contribution >= 4 is 7.69 Å². The van der Waals surface area contributed by atoms with Crippen LogP contribution in [0.15, 0.2) is 54.6 Å². The van der Waals surface area contributed by atoms with Crippen LogP contribution in [0.3, 0.4) is 0 Å². The van der Waals surface area contributed by atoms with E-state index < -0.39 is 7.69 Å². The Morgan fingerprint density at radius 1 is 0.947 bits per heavy atom. The molecular weight excluding hydrogens is 243 g/mol. The molecule has 0 amide bonds. The molecule has 19 heavy (non-hydrogen) atoms. The number of rotatable bonds is 4. The molecule has 0 spiro atoms. The summed E-state index contributed by atoms with van der Waals surface area (Å²) >= 11 is 0. The van der Waals surface area contributed by atoms with Crippen molar-refractivity contribution in [3.05, 3.63) is 60.2 Å². The quantitative estimate of drug-likeness (QED) is 0.818. The van der Waals surface area contributed by atoms with Gasteiger partial charge in [-0.1, -0.05) is 30.3 Å². The fraction of sp³-hybridized carbons (Fsp3) is 0.143. The second-order valence-electron chi connectivity index (χ2n) is 3.59. The van der Waals surface area contributed by atoms with Crippen molar-refractivity contribution in [3.8, 4) is 11.5 Å². The Hall–Kier alpha value is -1.98. The van der Waals surface area contributed by atoms with Crippen LogP contribution in [0.2, 0.25) is 0 Å². The topological polar surface area (TPSA) is 58.9 Å². The molecule has 0 saturated heterocycles. The van der Waals surface area contributed by atoms with E-state index in [1.807, 2.05) is 54.6 Å². The molecule has 0 aromatic heterocycles. The molecule has 100 valence electrons. The summed E-state index contributed by atoms with van der Waals surface area (Å²) in [4.78, 5) is 0. The van der Waals surface area contributed by atoms with Gasteiger partial charge in [0.05, 0.1) is 7.11 Å². The first kappa shape index (κ1) is 15.1. The van der Waals surface area contributed by atoms with Gasteiger partial charge in [-0.05, 0) is 29.8 Å². The van der Waals surface area contributed by atoms with E-state index in [1.54, 1.807) is 7.11 Å². The highest BCUT2D eigenvalue weighted by atomic mass is 16.5. The van der Waals surface area contributed by atoms with Crippen molar-refractivity contribution in [2.75, 3.05) is 7.11 Å². The van der Waals surface area contributed by atoms with E-state index in [1.165, 1.54) is 0 Å². The second-order valence-corrected chi connectivity index (χ2v) is 3.59. The Bertz CT molecular complexity index is 462. The van der Waals surface area contributed by atoms with Crippen LogP contribution in [0, 0.1) is 0 Å². The van der Waals surface area contributed by atoms with Gasteiger partial charge in [-0.25, -0.2) is 0 Å². The molecule has 0 heterocycles. The fourth-order valence-corrected chi connectivity index (χ4v) is 1.45. The largest absolute Gasteiger partial charge is 0.497 e. The number of methoxy groups -OCH3 is 1. The Morgan fingerprint density at radius 3 is 2.21 bits per heavy atom. The molecule has 2 N–H and O–H groups in total. The molecule has 0 fully saturated rings. The van der Waals surface area contributed by atoms with Crippen LogP contribution in [-0.2, 0) is 6.61 Å². The van der Waals surface area contributed by atoms with Gasteiger partial charge in [0.15, 0.2) is 0 Å². The summed E-state index contributed by atoms with van der Waals surface area (Å²) in [5, 5.41) is 14.2. The van der Waals surface area contributed by atoms with E-state index in [0.29, 0.717) is 6.61 Å². The summed E-state index contributed by atoms with van der Waals surface area (Å²) in [6.45, 7) is 0.557. The lowest BCUT2D eigenvalue weighted by Gasteiger charge is -2.07. The van der Waals surface area contributed by atoms with Gasteiger partial charge >= 0.3 is 7.69 Å². The van der Waals surface area contributed by atoms with Crippen molar-refractivity contribution in [3.63, 3.8) is 0 Å². The van der Waals surface area contributed by atoms with E-state index in [2.05, 4.69) is 0 Å². The highest BCUT2D eigenvalue weighted by Crippen LogP contribution is 2.15. The predicted molar refractivity (Wildman–Crippen MR) is 75.4 cm³/mol. The molecule has 2 aromatic carbocycles. The van der Waals surface area contributed by atoms with E-state index in [-0.39, 0.29) is 0 Å². The van der Waals surface area contributed by atoms with Crippen LogP contribution in [-0.4, -0.2) is 24.8 Å². The van der Waals surface area contributed by atoms with Crippen LogP contribution >= 0.6 is 0 Å². The molecule has 0 aliphatic rings. The van der Waals surface area contributed by atoms with Crippen LogP contribution in [0.25, 0.3) is 0 Å².